The van der Waals surface area contributed by atoms with Crippen LogP contribution in [-0.2, 0) is 0 Å². The minimum Gasteiger partial charge on any atom is -0.364 e. The average Bonchev–Trinajstić information content (AvgIpc) is 2.66. The molecule has 1 aliphatic heterocycles. The van der Waals surface area contributed by atoms with Gasteiger partial charge in [0.25, 0.3) is 12.3 Å². The van der Waals surface area contributed by atoms with E-state index in [-0.39, 0.29) is 17.7 Å². The Morgan fingerprint density at radius 1 is 1.61 bits per heavy atom. The molecule has 0 aliphatic carbocycles. The molecule has 0 saturated heterocycles. The zero-order chi connectivity index (χ0) is 13.3. The molecule has 0 spiro atoms. The van der Waals surface area contributed by atoms with Crippen molar-refractivity contribution in [1.29, 1.82) is 0 Å². The molecule has 1 aromatic rings. The highest BCUT2D eigenvalue weighted by Gasteiger charge is 2.51. The molecule has 0 radical (unpaired) electrons. The van der Waals surface area contributed by atoms with Crippen LogP contribution in [0.5, 0.6) is 0 Å². The lowest BCUT2D eigenvalue weighted by Crippen LogP contribution is -2.51. The monoisotopic (exact) mass is 255 g/mol. The van der Waals surface area contributed by atoms with Gasteiger partial charge in [-0.2, -0.15) is 10.1 Å². The van der Waals surface area contributed by atoms with Crippen molar-refractivity contribution in [2.75, 3.05) is 0 Å². The van der Waals surface area contributed by atoms with Crippen LogP contribution in [0.1, 0.15) is 23.7 Å². The number of hydrazone groups is 1. The fourth-order valence-corrected chi connectivity index (χ4v) is 1.75. The Morgan fingerprint density at radius 3 is 2.89 bits per heavy atom. The fraction of sp³-hybridized carbons (Fsp3) is 0.364. The van der Waals surface area contributed by atoms with Crippen LogP contribution < -0.4 is 0 Å². The standard InChI is InChI=1S/C11H11F2N3O2/c1-7-5-11(18,10(12)13)16(15-7)9(17)8-3-2-4-14-6-8/h2-4,6,10,18H,5H2,1H3/t11-/m0/s1. The SMILES string of the molecule is CC1=NN(C(=O)c2cccnc2)[C@@](O)(C(F)F)C1. The van der Waals surface area contributed by atoms with Crippen LogP contribution in [0.3, 0.4) is 0 Å². The summed E-state index contributed by atoms with van der Waals surface area (Å²) in [5.74, 6) is -0.803. The number of amides is 1. The predicted octanol–water partition coefficient (Wildman–Crippen LogP) is 1.26. The Morgan fingerprint density at radius 2 is 2.33 bits per heavy atom. The van der Waals surface area contributed by atoms with E-state index >= 15 is 0 Å². The van der Waals surface area contributed by atoms with E-state index < -0.39 is 18.1 Å². The van der Waals surface area contributed by atoms with Crippen molar-refractivity contribution in [3.8, 4) is 0 Å². The van der Waals surface area contributed by atoms with Crippen LogP contribution in [0.2, 0.25) is 0 Å². The number of aliphatic hydroxyl groups is 1. The number of halogens is 2. The molecule has 0 fully saturated rings. The molecule has 1 N–H and O–H groups in total. The molecule has 0 aromatic carbocycles. The quantitative estimate of drug-likeness (QED) is 0.865. The molecule has 5 nitrogen and oxygen atoms in total. The molecule has 96 valence electrons. The maximum atomic E-state index is 12.9. The lowest BCUT2D eigenvalue weighted by atomic mass is 10.1. The number of hydrogen-bond donors (Lipinski definition) is 1. The van der Waals surface area contributed by atoms with Crippen LogP contribution >= 0.6 is 0 Å². The van der Waals surface area contributed by atoms with Gasteiger partial charge >= 0.3 is 0 Å². The first kappa shape index (κ1) is 12.6. The van der Waals surface area contributed by atoms with Gasteiger partial charge in [0, 0.05) is 24.5 Å². The van der Waals surface area contributed by atoms with Crippen molar-refractivity contribution in [2.24, 2.45) is 5.10 Å². The normalized spacial score (nSPS) is 23.4. The molecule has 18 heavy (non-hydrogen) atoms. The number of nitrogens with zero attached hydrogens (tertiary/aromatic N) is 3. The fourth-order valence-electron chi connectivity index (χ4n) is 1.75. The number of pyridine rings is 1. The summed E-state index contributed by atoms with van der Waals surface area (Å²) in [4.78, 5) is 15.7. The highest BCUT2D eigenvalue weighted by molar-refractivity contribution is 5.97. The van der Waals surface area contributed by atoms with Gasteiger partial charge in [0.2, 0.25) is 5.72 Å². The molecule has 0 saturated carbocycles. The Balaban J connectivity index is 2.34. The summed E-state index contributed by atoms with van der Waals surface area (Å²) in [6.45, 7) is 1.48. The molecule has 2 rings (SSSR count). The molecule has 0 unspecified atom stereocenters. The second-order valence-corrected chi connectivity index (χ2v) is 4.05. The maximum absolute atomic E-state index is 12.9. The van der Waals surface area contributed by atoms with Crippen molar-refractivity contribution < 1.29 is 18.7 Å². The molecular weight excluding hydrogens is 244 g/mol. The Labute approximate surface area is 102 Å². The maximum Gasteiger partial charge on any atom is 0.287 e. The Hall–Kier alpha value is -1.89. The van der Waals surface area contributed by atoms with Gasteiger partial charge in [-0.3, -0.25) is 9.78 Å². The van der Waals surface area contributed by atoms with Crippen molar-refractivity contribution in [3.63, 3.8) is 0 Å². The summed E-state index contributed by atoms with van der Waals surface area (Å²) >= 11 is 0. The molecule has 0 bridgehead atoms. The summed E-state index contributed by atoms with van der Waals surface area (Å²) in [6.07, 6.45) is -0.776. The largest absolute Gasteiger partial charge is 0.364 e. The predicted molar refractivity (Wildman–Crippen MR) is 59.1 cm³/mol. The molecular formula is C11H11F2N3O2. The smallest absolute Gasteiger partial charge is 0.287 e. The van der Waals surface area contributed by atoms with Gasteiger partial charge in [0.05, 0.1) is 5.56 Å². The van der Waals surface area contributed by atoms with Crippen LogP contribution in [0, 0.1) is 0 Å². The first-order valence-electron chi connectivity index (χ1n) is 5.24. The van der Waals surface area contributed by atoms with E-state index in [1.165, 1.54) is 31.5 Å². The summed E-state index contributed by atoms with van der Waals surface area (Å²) < 4.78 is 25.8. The van der Waals surface area contributed by atoms with Crippen LogP contribution in [-0.4, -0.2) is 38.9 Å². The summed E-state index contributed by atoms with van der Waals surface area (Å²) in [5, 5.41) is 14.0. The van der Waals surface area contributed by atoms with E-state index in [2.05, 4.69) is 10.1 Å². The summed E-state index contributed by atoms with van der Waals surface area (Å²) in [5.41, 5.74) is -2.21. The van der Waals surface area contributed by atoms with E-state index in [9.17, 15) is 18.7 Å². The average molecular weight is 255 g/mol. The van der Waals surface area contributed by atoms with Crippen LogP contribution in [0.4, 0.5) is 8.78 Å². The van der Waals surface area contributed by atoms with E-state index in [0.717, 1.165) is 0 Å². The Bertz CT molecular complexity index is 492. The third-order valence-electron chi connectivity index (χ3n) is 2.60. The summed E-state index contributed by atoms with van der Waals surface area (Å²) in [7, 11) is 0. The third-order valence-corrected chi connectivity index (χ3v) is 2.60. The van der Waals surface area contributed by atoms with Crippen molar-refractivity contribution in [2.45, 2.75) is 25.5 Å². The first-order valence-corrected chi connectivity index (χ1v) is 5.24. The number of carbonyl (C=O) groups is 1. The molecule has 1 aromatic heterocycles. The molecule has 1 atom stereocenters. The number of aromatic nitrogens is 1. The minimum absolute atomic E-state index is 0.0926. The third kappa shape index (κ3) is 1.97. The molecule has 2 heterocycles. The highest BCUT2D eigenvalue weighted by atomic mass is 19.3. The number of rotatable bonds is 2. The highest BCUT2D eigenvalue weighted by Crippen LogP contribution is 2.32. The Kier molecular flexibility index (Phi) is 3.08. The van der Waals surface area contributed by atoms with Crippen molar-refractivity contribution >= 4 is 11.6 Å². The molecule has 7 heteroatoms. The van der Waals surface area contributed by atoms with Gasteiger partial charge in [-0.15, -0.1) is 0 Å². The number of carbonyl (C=O) groups excluding carboxylic acids is 1. The van der Waals surface area contributed by atoms with E-state index in [0.29, 0.717) is 5.01 Å². The number of alkyl halides is 2. The zero-order valence-corrected chi connectivity index (χ0v) is 9.55. The van der Waals surface area contributed by atoms with Crippen LogP contribution in [0.25, 0.3) is 0 Å². The van der Waals surface area contributed by atoms with Gasteiger partial charge in [-0.25, -0.2) is 8.78 Å². The lowest BCUT2D eigenvalue weighted by molar-refractivity contribution is -0.164. The van der Waals surface area contributed by atoms with E-state index in [4.69, 9.17) is 0 Å². The lowest BCUT2D eigenvalue weighted by Gasteiger charge is -2.29. The van der Waals surface area contributed by atoms with E-state index in [1.807, 2.05) is 0 Å². The van der Waals surface area contributed by atoms with Crippen molar-refractivity contribution in [1.82, 2.24) is 9.99 Å². The van der Waals surface area contributed by atoms with Gasteiger partial charge in [-0.1, -0.05) is 0 Å². The van der Waals surface area contributed by atoms with Crippen LogP contribution in [0.15, 0.2) is 29.6 Å². The second kappa shape index (κ2) is 4.41. The molecule has 1 amide bonds. The van der Waals surface area contributed by atoms with Gasteiger partial charge in [0.15, 0.2) is 0 Å². The van der Waals surface area contributed by atoms with Crippen molar-refractivity contribution in [3.05, 3.63) is 30.1 Å². The van der Waals surface area contributed by atoms with Gasteiger partial charge in [0.1, 0.15) is 0 Å². The number of hydrogen-bond acceptors (Lipinski definition) is 4. The van der Waals surface area contributed by atoms with Gasteiger partial charge < -0.3 is 5.11 Å². The first-order chi connectivity index (χ1) is 8.45. The second-order valence-electron chi connectivity index (χ2n) is 4.05. The van der Waals surface area contributed by atoms with Gasteiger partial charge in [-0.05, 0) is 19.1 Å². The zero-order valence-electron chi connectivity index (χ0n) is 9.55. The molecule has 1 aliphatic rings. The topological polar surface area (TPSA) is 65.8 Å². The van der Waals surface area contributed by atoms with E-state index in [1.54, 1.807) is 0 Å². The summed E-state index contributed by atoms with van der Waals surface area (Å²) in [6, 6.07) is 2.92. The minimum atomic E-state index is -3.10.